The summed E-state index contributed by atoms with van der Waals surface area (Å²) in [4.78, 5) is 28.3. The zero-order valence-corrected chi connectivity index (χ0v) is 15.7. The number of hydrogen-bond donors (Lipinski definition) is 1. The van der Waals surface area contributed by atoms with Gasteiger partial charge < -0.3 is 19.9 Å². The lowest BCUT2D eigenvalue weighted by molar-refractivity contribution is -0.120. The van der Waals surface area contributed by atoms with Crippen LogP contribution in [0.15, 0.2) is 24.3 Å². The fraction of sp³-hybridized carbons (Fsp3) is 0.600. The standard InChI is InChI=1S/C20H29N3O3/c1-3-26-20(25)22-12-10-17(11-13-22)21-19(24)14-23-15(2)8-9-16-6-4-5-7-18(16)23/h4-7,15,17H,3,8-14H2,1-2H3,(H,21,24)/t15-/m1/s1. The molecule has 2 amide bonds. The monoisotopic (exact) mass is 359 g/mol. The third kappa shape index (κ3) is 4.29. The second-order valence-corrected chi connectivity index (χ2v) is 7.17. The van der Waals surface area contributed by atoms with Crippen LogP contribution in [0.4, 0.5) is 10.5 Å². The number of carbonyl (C=O) groups is 2. The van der Waals surface area contributed by atoms with Gasteiger partial charge in [-0.2, -0.15) is 0 Å². The molecule has 0 saturated carbocycles. The van der Waals surface area contributed by atoms with E-state index in [4.69, 9.17) is 4.74 Å². The molecular weight excluding hydrogens is 330 g/mol. The van der Waals surface area contributed by atoms with Crippen molar-refractivity contribution in [3.05, 3.63) is 29.8 Å². The normalized spacial score (nSPS) is 20.5. The lowest BCUT2D eigenvalue weighted by Gasteiger charge is -2.37. The minimum absolute atomic E-state index is 0.0585. The Hall–Kier alpha value is -2.24. The molecule has 6 heteroatoms. The number of aryl methyl sites for hydroxylation is 1. The fourth-order valence-electron chi connectivity index (χ4n) is 3.85. The molecule has 2 heterocycles. The number of hydrogen-bond acceptors (Lipinski definition) is 4. The molecule has 1 aromatic carbocycles. The van der Waals surface area contributed by atoms with E-state index in [1.165, 1.54) is 11.3 Å². The largest absolute Gasteiger partial charge is 0.450 e. The summed E-state index contributed by atoms with van der Waals surface area (Å²) in [7, 11) is 0. The van der Waals surface area contributed by atoms with E-state index in [-0.39, 0.29) is 18.0 Å². The number of rotatable bonds is 4. The summed E-state index contributed by atoms with van der Waals surface area (Å²) in [5.74, 6) is 0.0585. The molecule has 1 N–H and O–H groups in total. The van der Waals surface area contributed by atoms with Gasteiger partial charge in [0.1, 0.15) is 0 Å². The van der Waals surface area contributed by atoms with Crippen LogP contribution in [0.25, 0.3) is 0 Å². The highest BCUT2D eigenvalue weighted by molar-refractivity contribution is 5.82. The minimum Gasteiger partial charge on any atom is -0.450 e. The van der Waals surface area contributed by atoms with Crippen LogP contribution in [0.5, 0.6) is 0 Å². The minimum atomic E-state index is -0.254. The van der Waals surface area contributed by atoms with Crippen molar-refractivity contribution >= 4 is 17.7 Å². The first-order chi connectivity index (χ1) is 12.6. The predicted molar refractivity (Wildman–Crippen MR) is 101 cm³/mol. The molecule has 1 aromatic rings. The Kier molecular flexibility index (Phi) is 6.01. The summed E-state index contributed by atoms with van der Waals surface area (Å²) in [6.45, 7) is 6.03. The molecule has 26 heavy (non-hydrogen) atoms. The highest BCUT2D eigenvalue weighted by Gasteiger charge is 2.27. The molecule has 0 aromatic heterocycles. The number of fused-ring (bicyclic) bond motifs is 1. The summed E-state index contributed by atoms with van der Waals surface area (Å²) in [6, 6.07) is 8.84. The average molecular weight is 359 g/mol. The number of nitrogens with one attached hydrogen (secondary N) is 1. The average Bonchev–Trinajstić information content (AvgIpc) is 2.65. The molecule has 0 unspecified atom stereocenters. The number of ether oxygens (including phenoxy) is 1. The van der Waals surface area contributed by atoms with E-state index >= 15 is 0 Å². The zero-order valence-electron chi connectivity index (χ0n) is 15.7. The van der Waals surface area contributed by atoms with Gasteiger partial charge >= 0.3 is 6.09 Å². The number of nitrogens with zero attached hydrogens (tertiary/aromatic N) is 2. The van der Waals surface area contributed by atoms with Crippen molar-refractivity contribution in [3.63, 3.8) is 0 Å². The number of anilines is 1. The van der Waals surface area contributed by atoms with Gasteiger partial charge in [0.15, 0.2) is 0 Å². The van der Waals surface area contributed by atoms with Gasteiger partial charge in [-0.25, -0.2) is 4.79 Å². The van der Waals surface area contributed by atoms with Gasteiger partial charge in [0.25, 0.3) is 0 Å². The summed E-state index contributed by atoms with van der Waals surface area (Å²) in [5, 5.41) is 3.15. The van der Waals surface area contributed by atoms with Gasteiger partial charge in [-0.3, -0.25) is 4.79 Å². The number of amides is 2. The number of carbonyl (C=O) groups excluding carboxylic acids is 2. The molecule has 1 atom stereocenters. The summed E-state index contributed by atoms with van der Waals surface area (Å²) in [5.41, 5.74) is 2.50. The van der Waals surface area contributed by atoms with Gasteiger partial charge in [0, 0.05) is 30.9 Å². The maximum absolute atomic E-state index is 12.6. The Morgan fingerprint density at radius 3 is 2.65 bits per heavy atom. The molecule has 3 rings (SSSR count). The molecule has 6 nitrogen and oxygen atoms in total. The lowest BCUT2D eigenvalue weighted by Crippen LogP contribution is -2.50. The molecule has 0 bridgehead atoms. The van der Waals surface area contributed by atoms with Crippen LogP contribution < -0.4 is 10.2 Å². The van der Waals surface area contributed by atoms with Gasteiger partial charge in [0.05, 0.1) is 13.2 Å². The Morgan fingerprint density at radius 2 is 1.92 bits per heavy atom. The number of para-hydroxylation sites is 1. The van der Waals surface area contributed by atoms with Crippen LogP contribution in [0.2, 0.25) is 0 Å². The van der Waals surface area contributed by atoms with Crippen LogP contribution in [-0.4, -0.2) is 55.2 Å². The number of likely N-dealkylation sites (tertiary alicyclic amines) is 1. The molecule has 2 aliphatic rings. The molecule has 0 spiro atoms. The van der Waals surface area contributed by atoms with Crippen LogP contribution in [-0.2, 0) is 16.0 Å². The quantitative estimate of drug-likeness (QED) is 0.897. The van der Waals surface area contributed by atoms with E-state index in [1.54, 1.807) is 4.90 Å². The van der Waals surface area contributed by atoms with Crippen LogP contribution >= 0.6 is 0 Å². The Morgan fingerprint density at radius 1 is 1.19 bits per heavy atom. The Labute approximate surface area is 155 Å². The first-order valence-corrected chi connectivity index (χ1v) is 9.64. The van der Waals surface area contributed by atoms with E-state index in [0.29, 0.717) is 32.3 Å². The lowest BCUT2D eigenvalue weighted by atomic mass is 9.96. The van der Waals surface area contributed by atoms with E-state index in [2.05, 4.69) is 35.3 Å². The SMILES string of the molecule is CCOC(=O)N1CCC(NC(=O)CN2c3ccccc3CC[C@H]2C)CC1. The second-order valence-electron chi connectivity index (χ2n) is 7.17. The third-order valence-corrected chi connectivity index (χ3v) is 5.36. The van der Waals surface area contributed by atoms with Gasteiger partial charge in [-0.05, 0) is 51.2 Å². The highest BCUT2D eigenvalue weighted by atomic mass is 16.6. The number of piperidine rings is 1. The van der Waals surface area contributed by atoms with Crippen molar-refractivity contribution in [2.75, 3.05) is 31.1 Å². The maximum Gasteiger partial charge on any atom is 0.409 e. The zero-order chi connectivity index (χ0) is 18.5. The first kappa shape index (κ1) is 18.5. The van der Waals surface area contributed by atoms with Gasteiger partial charge in [0.2, 0.25) is 5.91 Å². The van der Waals surface area contributed by atoms with E-state index in [9.17, 15) is 9.59 Å². The van der Waals surface area contributed by atoms with Crippen molar-refractivity contribution in [1.29, 1.82) is 0 Å². The van der Waals surface area contributed by atoms with E-state index < -0.39 is 0 Å². The van der Waals surface area contributed by atoms with E-state index in [1.807, 2.05) is 13.0 Å². The highest BCUT2D eigenvalue weighted by Crippen LogP contribution is 2.30. The van der Waals surface area contributed by atoms with E-state index in [0.717, 1.165) is 25.7 Å². The second kappa shape index (κ2) is 8.43. The van der Waals surface area contributed by atoms with Crippen molar-refractivity contribution in [1.82, 2.24) is 10.2 Å². The maximum atomic E-state index is 12.6. The summed E-state index contributed by atoms with van der Waals surface area (Å²) in [6.07, 6.45) is 3.44. The molecule has 1 saturated heterocycles. The van der Waals surface area contributed by atoms with Crippen LogP contribution in [0.1, 0.15) is 38.7 Å². The molecule has 142 valence electrons. The number of benzene rings is 1. The molecular formula is C20H29N3O3. The molecule has 1 fully saturated rings. The molecule has 0 radical (unpaired) electrons. The predicted octanol–water partition coefficient (Wildman–Crippen LogP) is 2.56. The smallest absolute Gasteiger partial charge is 0.409 e. The Balaban J connectivity index is 1.51. The van der Waals surface area contributed by atoms with Crippen LogP contribution in [0.3, 0.4) is 0 Å². The first-order valence-electron chi connectivity index (χ1n) is 9.64. The summed E-state index contributed by atoms with van der Waals surface area (Å²) >= 11 is 0. The van der Waals surface area contributed by atoms with Gasteiger partial charge in [-0.15, -0.1) is 0 Å². The van der Waals surface area contributed by atoms with Crippen molar-refractivity contribution in [2.45, 2.75) is 51.6 Å². The topological polar surface area (TPSA) is 61.9 Å². The molecule has 2 aliphatic heterocycles. The van der Waals surface area contributed by atoms with Crippen LogP contribution in [0, 0.1) is 0 Å². The van der Waals surface area contributed by atoms with Crippen molar-refractivity contribution < 1.29 is 14.3 Å². The summed E-state index contributed by atoms with van der Waals surface area (Å²) < 4.78 is 5.04. The third-order valence-electron chi connectivity index (χ3n) is 5.36. The van der Waals surface area contributed by atoms with Crippen molar-refractivity contribution in [2.24, 2.45) is 0 Å². The van der Waals surface area contributed by atoms with Crippen molar-refractivity contribution in [3.8, 4) is 0 Å². The molecule has 0 aliphatic carbocycles. The fourth-order valence-corrected chi connectivity index (χ4v) is 3.85. The van der Waals surface area contributed by atoms with Gasteiger partial charge in [-0.1, -0.05) is 18.2 Å². The Bertz CT molecular complexity index is 641.